The van der Waals surface area contributed by atoms with Crippen molar-refractivity contribution in [1.29, 1.82) is 0 Å². The zero-order valence-corrected chi connectivity index (χ0v) is 15.4. The normalized spacial score (nSPS) is 10.8. The molecule has 2 heterocycles. The number of hydrogen-bond donors (Lipinski definition) is 3. The van der Waals surface area contributed by atoms with Crippen LogP contribution in [0.5, 0.6) is 0 Å². The summed E-state index contributed by atoms with van der Waals surface area (Å²) >= 11 is 0. The highest BCUT2D eigenvalue weighted by molar-refractivity contribution is 6.07. The van der Waals surface area contributed by atoms with E-state index in [1.165, 1.54) is 6.33 Å². The van der Waals surface area contributed by atoms with E-state index in [4.69, 9.17) is 5.73 Å². The summed E-state index contributed by atoms with van der Waals surface area (Å²) in [6.45, 7) is 5.32. The smallest absolute Gasteiger partial charge is 0.250 e. The van der Waals surface area contributed by atoms with Crippen molar-refractivity contribution in [1.82, 2.24) is 15.0 Å². The quantitative estimate of drug-likeness (QED) is 0.465. The summed E-state index contributed by atoms with van der Waals surface area (Å²) in [7, 11) is 0. The Balaban J connectivity index is 1.84. The highest BCUT2D eigenvalue weighted by Crippen LogP contribution is 2.39. The molecular formula is C22H19N5O. The van der Waals surface area contributed by atoms with Crippen LogP contribution in [0.3, 0.4) is 0 Å². The van der Waals surface area contributed by atoms with Gasteiger partial charge in [-0.05, 0) is 30.2 Å². The first-order valence-electron chi connectivity index (χ1n) is 8.79. The van der Waals surface area contributed by atoms with Crippen LogP contribution in [-0.2, 0) is 4.79 Å². The van der Waals surface area contributed by atoms with Crippen LogP contribution in [-0.4, -0.2) is 20.9 Å². The van der Waals surface area contributed by atoms with Gasteiger partial charge in [0, 0.05) is 16.8 Å². The molecule has 4 rings (SSSR count). The molecule has 0 saturated carbocycles. The first-order valence-corrected chi connectivity index (χ1v) is 8.79. The summed E-state index contributed by atoms with van der Waals surface area (Å²) in [4.78, 5) is 23.7. The van der Waals surface area contributed by atoms with Crippen molar-refractivity contribution >= 4 is 28.4 Å². The summed E-state index contributed by atoms with van der Waals surface area (Å²) in [6, 6.07) is 17.6. The van der Waals surface area contributed by atoms with Crippen LogP contribution < -0.4 is 11.1 Å². The standard InChI is InChI=1S/C22H19N5O/c1-13(2)22(28)26-16-10-8-15(9-11-16)19-17(14-6-4-3-5-7-14)18-20(23)24-12-25-21(18)27-19/h3-12H,1H2,2H3,(H,26,28)(H3,23,24,25,27). The van der Waals surface area contributed by atoms with Gasteiger partial charge in [-0.15, -0.1) is 0 Å². The van der Waals surface area contributed by atoms with Crippen LogP contribution in [0.1, 0.15) is 6.92 Å². The van der Waals surface area contributed by atoms with Crippen molar-refractivity contribution in [3.63, 3.8) is 0 Å². The number of amides is 1. The fourth-order valence-electron chi connectivity index (χ4n) is 3.11. The van der Waals surface area contributed by atoms with Gasteiger partial charge in [-0.1, -0.05) is 49.0 Å². The minimum absolute atomic E-state index is 0.202. The molecule has 1 amide bonds. The Hall–Kier alpha value is -3.93. The molecular weight excluding hydrogens is 350 g/mol. The minimum atomic E-state index is -0.202. The van der Waals surface area contributed by atoms with Crippen molar-refractivity contribution < 1.29 is 4.79 Å². The molecule has 138 valence electrons. The molecule has 0 unspecified atom stereocenters. The molecule has 0 bridgehead atoms. The molecule has 0 aliphatic carbocycles. The van der Waals surface area contributed by atoms with Crippen LogP contribution in [0.15, 0.2) is 73.1 Å². The number of fused-ring (bicyclic) bond motifs is 1. The number of nitrogen functional groups attached to an aromatic ring is 1. The van der Waals surface area contributed by atoms with Crippen LogP contribution >= 0.6 is 0 Å². The predicted octanol–water partition coefficient (Wildman–Crippen LogP) is 4.39. The molecule has 0 aliphatic heterocycles. The van der Waals surface area contributed by atoms with Crippen molar-refractivity contribution in [3.05, 3.63) is 73.1 Å². The lowest BCUT2D eigenvalue weighted by atomic mass is 9.99. The van der Waals surface area contributed by atoms with Crippen molar-refractivity contribution in [3.8, 4) is 22.4 Å². The Morgan fingerprint density at radius 3 is 2.43 bits per heavy atom. The Kier molecular flexibility index (Phi) is 4.37. The van der Waals surface area contributed by atoms with Crippen molar-refractivity contribution in [2.45, 2.75) is 6.92 Å². The van der Waals surface area contributed by atoms with Crippen LogP contribution in [0.2, 0.25) is 0 Å². The van der Waals surface area contributed by atoms with E-state index in [0.717, 1.165) is 27.8 Å². The van der Waals surface area contributed by atoms with Crippen LogP contribution in [0.25, 0.3) is 33.4 Å². The maximum atomic E-state index is 11.8. The second kappa shape index (κ2) is 7.00. The molecule has 28 heavy (non-hydrogen) atoms. The van der Waals surface area contributed by atoms with Gasteiger partial charge in [0.25, 0.3) is 5.91 Å². The molecule has 6 nitrogen and oxygen atoms in total. The van der Waals surface area contributed by atoms with E-state index in [9.17, 15) is 4.79 Å². The van der Waals surface area contributed by atoms with Gasteiger partial charge in [-0.25, -0.2) is 9.97 Å². The lowest BCUT2D eigenvalue weighted by Crippen LogP contribution is -2.11. The first-order chi connectivity index (χ1) is 13.5. The Bertz CT molecular complexity index is 1180. The van der Waals surface area contributed by atoms with Gasteiger partial charge in [0.15, 0.2) is 0 Å². The maximum absolute atomic E-state index is 11.8. The maximum Gasteiger partial charge on any atom is 0.250 e. The summed E-state index contributed by atoms with van der Waals surface area (Å²) in [5.74, 6) is 0.225. The van der Waals surface area contributed by atoms with E-state index < -0.39 is 0 Å². The number of hydrogen-bond acceptors (Lipinski definition) is 4. The van der Waals surface area contributed by atoms with Gasteiger partial charge >= 0.3 is 0 Å². The number of aromatic nitrogens is 3. The third kappa shape index (κ3) is 3.12. The highest BCUT2D eigenvalue weighted by Gasteiger charge is 2.18. The molecule has 2 aromatic heterocycles. The number of anilines is 2. The highest BCUT2D eigenvalue weighted by atomic mass is 16.1. The molecule has 0 aliphatic rings. The second-order valence-electron chi connectivity index (χ2n) is 6.54. The average molecular weight is 369 g/mol. The summed E-state index contributed by atoms with van der Waals surface area (Å²) in [5, 5.41) is 3.61. The van der Waals surface area contributed by atoms with Gasteiger partial charge in [0.05, 0.1) is 11.1 Å². The van der Waals surface area contributed by atoms with E-state index in [0.29, 0.717) is 22.7 Å². The minimum Gasteiger partial charge on any atom is -0.383 e. The van der Waals surface area contributed by atoms with E-state index in [1.54, 1.807) is 6.92 Å². The van der Waals surface area contributed by atoms with E-state index in [2.05, 4.69) is 26.8 Å². The van der Waals surface area contributed by atoms with Gasteiger partial charge < -0.3 is 16.0 Å². The number of aromatic amines is 1. The molecule has 0 atom stereocenters. The largest absolute Gasteiger partial charge is 0.383 e. The molecule has 4 N–H and O–H groups in total. The predicted molar refractivity (Wildman–Crippen MR) is 113 cm³/mol. The van der Waals surface area contributed by atoms with Gasteiger partial charge in [-0.2, -0.15) is 0 Å². The van der Waals surface area contributed by atoms with Gasteiger partial charge in [-0.3, -0.25) is 4.79 Å². The number of nitrogens with two attached hydrogens (primary N) is 1. The fourth-order valence-corrected chi connectivity index (χ4v) is 3.11. The first kappa shape index (κ1) is 17.5. The zero-order valence-electron chi connectivity index (χ0n) is 15.4. The summed E-state index contributed by atoms with van der Waals surface area (Å²) in [5.41, 5.74) is 11.8. The van der Waals surface area contributed by atoms with E-state index in [-0.39, 0.29) is 5.91 Å². The Morgan fingerprint density at radius 1 is 1.04 bits per heavy atom. The lowest BCUT2D eigenvalue weighted by molar-refractivity contribution is -0.112. The number of carbonyl (C=O) groups excluding carboxylic acids is 1. The van der Waals surface area contributed by atoms with Crippen LogP contribution in [0, 0.1) is 0 Å². The monoisotopic (exact) mass is 369 g/mol. The molecule has 0 radical (unpaired) electrons. The molecule has 2 aromatic carbocycles. The summed E-state index contributed by atoms with van der Waals surface area (Å²) in [6.07, 6.45) is 1.45. The fraction of sp³-hybridized carbons (Fsp3) is 0.0455. The molecule has 0 fully saturated rings. The number of nitrogens with zero attached hydrogens (tertiary/aromatic N) is 2. The number of nitrogens with one attached hydrogen (secondary N) is 2. The van der Waals surface area contributed by atoms with Crippen LogP contribution in [0.4, 0.5) is 11.5 Å². The SMILES string of the molecule is C=C(C)C(=O)Nc1ccc(-c2[nH]c3ncnc(N)c3c2-c2ccccc2)cc1. The topological polar surface area (TPSA) is 96.7 Å². The molecule has 4 aromatic rings. The van der Waals surface area contributed by atoms with Gasteiger partial charge in [0.1, 0.15) is 17.8 Å². The van der Waals surface area contributed by atoms with Crippen molar-refractivity contribution in [2.24, 2.45) is 0 Å². The van der Waals surface area contributed by atoms with Gasteiger partial charge in [0.2, 0.25) is 0 Å². The molecule has 0 saturated heterocycles. The number of carbonyl (C=O) groups is 1. The van der Waals surface area contributed by atoms with Crippen molar-refractivity contribution in [2.75, 3.05) is 11.1 Å². The van der Waals surface area contributed by atoms with E-state index >= 15 is 0 Å². The molecule has 0 spiro atoms. The lowest BCUT2D eigenvalue weighted by Gasteiger charge is -2.08. The molecule has 6 heteroatoms. The second-order valence-corrected chi connectivity index (χ2v) is 6.54. The third-order valence-electron chi connectivity index (χ3n) is 4.50. The number of rotatable bonds is 4. The van der Waals surface area contributed by atoms with E-state index in [1.807, 2.05) is 54.6 Å². The Labute approximate surface area is 162 Å². The Morgan fingerprint density at radius 2 is 1.75 bits per heavy atom. The summed E-state index contributed by atoms with van der Waals surface area (Å²) < 4.78 is 0. The number of H-pyrrole nitrogens is 1. The number of benzene rings is 2. The average Bonchev–Trinajstić information content (AvgIpc) is 3.10. The zero-order chi connectivity index (χ0) is 19.7. The third-order valence-corrected chi connectivity index (χ3v) is 4.50.